The molecule has 0 aliphatic carbocycles. The summed E-state index contributed by atoms with van der Waals surface area (Å²) in [4.78, 5) is 0. The quantitative estimate of drug-likeness (QED) is 0.713. The van der Waals surface area contributed by atoms with E-state index in [2.05, 4.69) is 43.4 Å². The van der Waals surface area contributed by atoms with Gasteiger partial charge in [0.25, 0.3) is 0 Å². The maximum absolute atomic E-state index is 5.77. The molecule has 1 unspecified atom stereocenters. The van der Waals surface area contributed by atoms with Crippen molar-refractivity contribution in [2.75, 3.05) is 13.2 Å². The second kappa shape index (κ2) is 7.68. The lowest BCUT2D eigenvalue weighted by Crippen LogP contribution is -2.41. The summed E-state index contributed by atoms with van der Waals surface area (Å²) in [7, 11) is 0. The lowest BCUT2D eigenvalue weighted by atomic mass is 9.87. The Kier molecular flexibility index (Phi) is 5.90. The molecule has 1 fully saturated rings. The Hall–Kier alpha value is -1.02. The summed E-state index contributed by atoms with van der Waals surface area (Å²) >= 11 is 0. The van der Waals surface area contributed by atoms with Gasteiger partial charge < -0.3 is 10.1 Å². The predicted molar refractivity (Wildman–Crippen MR) is 85.4 cm³/mol. The number of benzene rings is 1. The smallest absolute Gasteiger partial charge is 0.119 e. The van der Waals surface area contributed by atoms with Crippen LogP contribution in [0.3, 0.4) is 0 Å². The Morgan fingerprint density at radius 3 is 2.55 bits per heavy atom. The van der Waals surface area contributed by atoms with Gasteiger partial charge in [-0.15, -0.1) is 0 Å². The molecule has 1 heterocycles. The summed E-state index contributed by atoms with van der Waals surface area (Å²) in [6.07, 6.45) is 8.62. The first-order valence-electron chi connectivity index (χ1n) is 8.25. The van der Waals surface area contributed by atoms with Gasteiger partial charge in [-0.25, -0.2) is 0 Å². The van der Waals surface area contributed by atoms with Crippen LogP contribution in [-0.4, -0.2) is 18.7 Å². The third-order valence-electron chi connectivity index (χ3n) is 4.49. The van der Waals surface area contributed by atoms with Crippen LogP contribution in [0, 0.1) is 0 Å². The fourth-order valence-corrected chi connectivity index (χ4v) is 3.08. The van der Waals surface area contributed by atoms with E-state index in [-0.39, 0.29) is 0 Å². The third-order valence-corrected chi connectivity index (χ3v) is 4.49. The van der Waals surface area contributed by atoms with Gasteiger partial charge in [-0.05, 0) is 56.3 Å². The molecular formula is C18H29NO. The molecule has 1 aromatic rings. The maximum Gasteiger partial charge on any atom is 0.119 e. The summed E-state index contributed by atoms with van der Waals surface area (Å²) in [5, 5.41) is 3.70. The van der Waals surface area contributed by atoms with E-state index in [1.54, 1.807) is 0 Å². The minimum Gasteiger partial charge on any atom is -0.494 e. The second-order valence-corrected chi connectivity index (χ2v) is 6.04. The summed E-state index contributed by atoms with van der Waals surface area (Å²) in [5.41, 5.74) is 1.76. The lowest BCUT2D eigenvalue weighted by molar-refractivity contribution is 0.306. The predicted octanol–water partition coefficient (Wildman–Crippen LogP) is 4.33. The fraction of sp³-hybridized carbons (Fsp3) is 0.667. The van der Waals surface area contributed by atoms with E-state index < -0.39 is 0 Å². The van der Waals surface area contributed by atoms with Crippen molar-refractivity contribution < 1.29 is 4.74 Å². The molecule has 0 bridgehead atoms. The highest BCUT2D eigenvalue weighted by atomic mass is 16.5. The zero-order chi connectivity index (χ0) is 14.3. The highest BCUT2D eigenvalue weighted by Crippen LogP contribution is 2.27. The maximum atomic E-state index is 5.77. The van der Waals surface area contributed by atoms with Gasteiger partial charge in [-0.1, -0.05) is 38.8 Å². The molecule has 1 aromatic carbocycles. The Balaban J connectivity index is 1.84. The number of nitrogens with one attached hydrogen (secondary N) is 1. The molecule has 1 saturated heterocycles. The van der Waals surface area contributed by atoms with Crippen molar-refractivity contribution in [1.82, 2.24) is 5.32 Å². The molecule has 20 heavy (non-hydrogen) atoms. The van der Waals surface area contributed by atoms with Crippen molar-refractivity contribution in [1.29, 1.82) is 0 Å². The van der Waals surface area contributed by atoms with E-state index in [1.165, 1.54) is 44.2 Å². The van der Waals surface area contributed by atoms with Crippen molar-refractivity contribution in [2.45, 2.75) is 64.3 Å². The van der Waals surface area contributed by atoms with Crippen LogP contribution in [0.15, 0.2) is 24.3 Å². The first-order chi connectivity index (χ1) is 9.78. The number of ether oxygens (including phenoxy) is 1. The van der Waals surface area contributed by atoms with Crippen LogP contribution in [-0.2, 0) is 6.42 Å². The van der Waals surface area contributed by atoms with Gasteiger partial charge in [0.2, 0.25) is 0 Å². The van der Waals surface area contributed by atoms with E-state index in [0.717, 1.165) is 25.2 Å². The Morgan fingerprint density at radius 2 is 1.95 bits per heavy atom. The van der Waals surface area contributed by atoms with Crippen LogP contribution in [0.5, 0.6) is 5.75 Å². The average Bonchev–Trinajstić information content (AvgIpc) is 2.94. The van der Waals surface area contributed by atoms with Crippen molar-refractivity contribution in [3.8, 4) is 5.75 Å². The van der Waals surface area contributed by atoms with E-state index in [9.17, 15) is 0 Å². The van der Waals surface area contributed by atoms with Crippen LogP contribution in [0.2, 0.25) is 0 Å². The zero-order valence-electron chi connectivity index (χ0n) is 13.1. The molecule has 1 atom stereocenters. The molecule has 1 N–H and O–H groups in total. The minimum atomic E-state index is 0.337. The van der Waals surface area contributed by atoms with E-state index in [1.807, 2.05) is 0 Å². The first kappa shape index (κ1) is 15.4. The Bertz CT molecular complexity index is 379. The molecule has 1 aliphatic heterocycles. The number of hydrogen-bond donors (Lipinski definition) is 1. The van der Waals surface area contributed by atoms with Crippen molar-refractivity contribution >= 4 is 0 Å². The minimum absolute atomic E-state index is 0.337. The summed E-state index contributed by atoms with van der Waals surface area (Å²) < 4.78 is 5.77. The molecule has 0 spiro atoms. The molecule has 2 rings (SSSR count). The monoisotopic (exact) mass is 275 g/mol. The van der Waals surface area contributed by atoms with Gasteiger partial charge in [0.15, 0.2) is 0 Å². The van der Waals surface area contributed by atoms with Gasteiger partial charge in [0.05, 0.1) is 6.61 Å². The van der Waals surface area contributed by atoms with Crippen LogP contribution in [0.25, 0.3) is 0 Å². The largest absolute Gasteiger partial charge is 0.494 e. The van der Waals surface area contributed by atoms with E-state index >= 15 is 0 Å². The summed E-state index contributed by atoms with van der Waals surface area (Å²) in [6.45, 7) is 6.53. The van der Waals surface area contributed by atoms with Crippen LogP contribution >= 0.6 is 0 Å². The fourth-order valence-electron chi connectivity index (χ4n) is 3.08. The van der Waals surface area contributed by atoms with Gasteiger partial charge in [-0.3, -0.25) is 0 Å². The Labute approximate surface area is 123 Å². The van der Waals surface area contributed by atoms with Crippen LogP contribution in [0.1, 0.15) is 57.9 Å². The standard InChI is InChI=1S/C18H29NO/c1-3-5-6-14-20-17-10-8-16(9-11-17)15-18(4-2)12-7-13-19-18/h8-11,19H,3-7,12-15H2,1-2H3. The molecule has 0 aromatic heterocycles. The number of unbranched alkanes of at least 4 members (excludes halogenated alkanes) is 2. The van der Waals surface area contributed by atoms with Crippen LogP contribution < -0.4 is 10.1 Å². The summed E-state index contributed by atoms with van der Waals surface area (Å²) in [6, 6.07) is 8.71. The summed E-state index contributed by atoms with van der Waals surface area (Å²) in [5.74, 6) is 1.01. The van der Waals surface area contributed by atoms with Gasteiger partial charge in [0, 0.05) is 5.54 Å². The van der Waals surface area contributed by atoms with Crippen LogP contribution in [0.4, 0.5) is 0 Å². The molecule has 2 nitrogen and oxygen atoms in total. The highest BCUT2D eigenvalue weighted by molar-refractivity contribution is 5.28. The average molecular weight is 275 g/mol. The molecule has 0 radical (unpaired) electrons. The molecule has 112 valence electrons. The third kappa shape index (κ3) is 4.24. The molecular weight excluding hydrogens is 246 g/mol. The van der Waals surface area contributed by atoms with Gasteiger partial charge in [-0.2, -0.15) is 0 Å². The lowest BCUT2D eigenvalue weighted by Gasteiger charge is -2.28. The normalized spacial score (nSPS) is 22.1. The SMILES string of the molecule is CCCCCOc1ccc(CC2(CC)CCCN2)cc1. The molecule has 0 amide bonds. The zero-order valence-corrected chi connectivity index (χ0v) is 13.1. The molecule has 1 aliphatic rings. The second-order valence-electron chi connectivity index (χ2n) is 6.04. The van der Waals surface area contributed by atoms with E-state index in [0.29, 0.717) is 5.54 Å². The van der Waals surface area contributed by atoms with Crippen molar-refractivity contribution in [3.63, 3.8) is 0 Å². The van der Waals surface area contributed by atoms with Gasteiger partial charge in [0.1, 0.15) is 5.75 Å². The van der Waals surface area contributed by atoms with Crippen molar-refractivity contribution in [2.24, 2.45) is 0 Å². The van der Waals surface area contributed by atoms with Crippen molar-refractivity contribution in [3.05, 3.63) is 29.8 Å². The van der Waals surface area contributed by atoms with Gasteiger partial charge >= 0.3 is 0 Å². The topological polar surface area (TPSA) is 21.3 Å². The number of hydrogen-bond acceptors (Lipinski definition) is 2. The first-order valence-corrected chi connectivity index (χ1v) is 8.25. The van der Waals surface area contributed by atoms with E-state index in [4.69, 9.17) is 4.74 Å². The Morgan fingerprint density at radius 1 is 1.15 bits per heavy atom. The molecule has 2 heteroatoms. The molecule has 0 saturated carbocycles. The number of rotatable bonds is 8. The highest BCUT2D eigenvalue weighted by Gasteiger charge is 2.31.